The van der Waals surface area contributed by atoms with Crippen LogP contribution in [0.3, 0.4) is 0 Å². The van der Waals surface area contributed by atoms with E-state index >= 15 is 0 Å². The molecule has 1 fully saturated rings. The summed E-state index contributed by atoms with van der Waals surface area (Å²) < 4.78 is 0. The molecule has 0 unspecified atom stereocenters. The van der Waals surface area contributed by atoms with Crippen molar-refractivity contribution in [3.05, 3.63) is 35.9 Å². The zero-order valence-corrected chi connectivity index (χ0v) is 8.72. The number of benzene rings is 1. The fourth-order valence-corrected chi connectivity index (χ4v) is 1.75. The quantitative estimate of drug-likeness (QED) is 0.735. The summed E-state index contributed by atoms with van der Waals surface area (Å²) in [6, 6.07) is 10.2. The Balaban J connectivity index is 1.85. The highest BCUT2D eigenvalue weighted by Crippen LogP contribution is 2.05. The van der Waals surface area contributed by atoms with Gasteiger partial charge in [-0.2, -0.15) is 0 Å². The molecule has 0 N–H and O–H groups in total. The highest BCUT2D eigenvalue weighted by Gasteiger charge is 2.17. The van der Waals surface area contributed by atoms with E-state index in [1.54, 1.807) is 0 Å². The Morgan fingerprint density at radius 1 is 1.27 bits per heavy atom. The largest absolute Gasteiger partial charge is 0.338 e. The molecule has 0 atom stereocenters. The topological polar surface area (TPSA) is 34.4 Å². The Kier molecular flexibility index (Phi) is 3.22. The Hall–Kier alpha value is -1.51. The molecule has 79 valence electrons. The summed E-state index contributed by atoms with van der Waals surface area (Å²) >= 11 is 0. The smallest absolute Gasteiger partial charge is 0.323 e. The van der Waals surface area contributed by atoms with Crippen molar-refractivity contribution in [1.29, 1.82) is 0 Å². The maximum atomic E-state index is 11.4. The van der Waals surface area contributed by atoms with Gasteiger partial charge in [-0.25, -0.2) is 10.1 Å². The van der Waals surface area contributed by atoms with Crippen LogP contribution in [0.15, 0.2) is 30.3 Å². The first-order valence-electron chi connectivity index (χ1n) is 5.36. The van der Waals surface area contributed by atoms with Crippen LogP contribution in [0.5, 0.6) is 0 Å². The van der Waals surface area contributed by atoms with Crippen LogP contribution in [-0.2, 0) is 6.42 Å². The number of rotatable bonds is 3. The second-order valence-electron chi connectivity index (χ2n) is 3.74. The average molecular weight is 203 g/mol. The summed E-state index contributed by atoms with van der Waals surface area (Å²) in [6.07, 6.45) is 1.92. The standard InChI is InChI=1S/C12H15N2O/c15-12-13-8-4-9-14(12)10-7-11-5-2-1-3-6-11/h1-3,5-6H,4,7-10H2. The molecule has 3 nitrogen and oxygen atoms in total. The molecule has 0 spiro atoms. The van der Waals surface area contributed by atoms with E-state index < -0.39 is 0 Å². The number of hydrogen-bond acceptors (Lipinski definition) is 1. The molecule has 1 aromatic carbocycles. The van der Waals surface area contributed by atoms with Crippen LogP contribution < -0.4 is 5.32 Å². The predicted molar refractivity (Wildman–Crippen MR) is 58.7 cm³/mol. The zero-order valence-electron chi connectivity index (χ0n) is 8.72. The molecule has 1 heterocycles. The summed E-state index contributed by atoms with van der Waals surface area (Å²) in [5.41, 5.74) is 1.27. The van der Waals surface area contributed by atoms with Gasteiger partial charge in [-0.1, -0.05) is 30.3 Å². The van der Waals surface area contributed by atoms with Crippen molar-refractivity contribution >= 4 is 6.03 Å². The third-order valence-corrected chi connectivity index (χ3v) is 2.62. The first-order chi connectivity index (χ1) is 7.36. The van der Waals surface area contributed by atoms with Crippen molar-refractivity contribution in [2.75, 3.05) is 19.6 Å². The number of amides is 2. The van der Waals surface area contributed by atoms with Gasteiger partial charge in [0.2, 0.25) is 0 Å². The van der Waals surface area contributed by atoms with Gasteiger partial charge in [0, 0.05) is 19.6 Å². The van der Waals surface area contributed by atoms with Gasteiger partial charge in [-0.15, -0.1) is 0 Å². The van der Waals surface area contributed by atoms with E-state index in [1.807, 2.05) is 23.1 Å². The van der Waals surface area contributed by atoms with E-state index in [0.717, 1.165) is 25.9 Å². The second kappa shape index (κ2) is 4.82. The molecule has 1 aliphatic heterocycles. The first-order valence-corrected chi connectivity index (χ1v) is 5.36. The highest BCUT2D eigenvalue weighted by molar-refractivity contribution is 5.74. The monoisotopic (exact) mass is 203 g/mol. The summed E-state index contributed by atoms with van der Waals surface area (Å²) in [4.78, 5) is 13.2. The van der Waals surface area contributed by atoms with Gasteiger partial charge in [0.1, 0.15) is 0 Å². The van der Waals surface area contributed by atoms with Crippen LogP contribution in [0.25, 0.3) is 0 Å². The zero-order chi connectivity index (χ0) is 10.5. The molecule has 2 rings (SSSR count). The Morgan fingerprint density at radius 2 is 2.07 bits per heavy atom. The van der Waals surface area contributed by atoms with Crippen LogP contribution in [0.4, 0.5) is 4.79 Å². The molecule has 0 aliphatic carbocycles. The minimum absolute atomic E-state index is 0.0443. The van der Waals surface area contributed by atoms with Gasteiger partial charge in [-0.3, -0.25) is 0 Å². The summed E-state index contributed by atoms with van der Waals surface area (Å²) in [7, 11) is 0. The minimum atomic E-state index is -0.0443. The first kappa shape index (κ1) is 10.0. The van der Waals surface area contributed by atoms with E-state index in [0.29, 0.717) is 6.54 Å². The van der Waals surface area contributed by atoms with Gasteiger partial charge in [0.15, 0.2) is 0 Å². The minimum Gasteiger partial charge on any atom is -0.323 e. The van der Waals surface area contributed by atoms with E-state index in [1.165, 1.54) is 5.56 Å². The van der Waals surface area contributed by atoms with Crippen molar-refractivity contribution in [2.24, 2.45) is 0 Å². The molecular weight excluding hydrogens is 188 g/mol. The van der Waals surface area contributed by atoms with Crippen molar-refractivity contribution in [1.82, 2.24) is 10.2 Å². The number of hydrogen-bond donors (Lipinski definition) is 0. The van der Waals surface area contributed by atoms with Gasteiger partial charge in [-0.05, 0) is 18.4 Å². The van der Waals surface area contributed by atoms with Crippen LogP contribution in [0, 0.1) is 0 Å². The Labute approximate surface area is 90.1 Å². The molecule has 1 saturated heterocycles. The fourth-order valence-electron chi connectivity index (χ4n) is 1.75. The van der Waals surface area contributed by atoms with Crippen molar-refractivity contribution in [2.45, 2.75) is 12.8 Å². The van der Waals surface area contributed by atoms with Gasteiger partial charge >= 0.3 is 6.03 Å². The van der Waals surface area contributed by atoms with E-state index in [9.17, 15) is 4.79 Å². The van der Waals surface area contributed by atoms with E-state index in [-0.39, 0.29) is 6.03 Å². The van der Waals surface area contributed by atoms with Crippen LogP contribution >= 0.6 is 0 Å². The maximum absolute atomic E-state index is 11.4. The summed E-state index contributed by atoms with van der Waals surface area (Å²) in [5, 5.41) is 3.91. The van der Waals surface area contributed by atoms with Crippen molar-refractivity contribution in [3.63, 3.8) is 0 Å². The normalized spacial score (nSPS) is 16.3. The number of carbonyl (C=O) groups excluding carboxylic acids is 1. The van der Waals surface area contributed by atoms with Crippen LogP contribution in [0.2, 0.25) is 0 Å². The molecule has 2 amide bonds. The molecular formula is C12H15N2O. The number of nitrogens with zero attached hydrogens (tertiary/aromatic N) is 2. The van der Waals surface area contributed by atoms with Gasteiger partial charge in [0.05, 0.1) is 0 Å². The molecule has 1 radical (unpaired) electrons. The van der Waals surface area contributed by atoms with E-state index in [4.69, 9.17) is 0 Å². The SMILES string of the molecule is O=C1[N]CCCN1CCc1ccccc1. The molecule has 0 saturated carbocycles. The Bertz CT molecular complexity index is 324. The van der Waals surface area contributed by atoms with Crippen molar-refractivity contribution in [3.8, 4) is 0 Å². The summed E-state index contributed by atoms with van der Waals surface area (Å²) in [5.74, 6) is 0. The molecule has 1 aliphatic rings. The highest BCUT2D eigenvalue weighted by atomic mass is 16.2. The summed E-state index contributed by atoms with van der Waals surface area (Å²) in [6.45, 7) is 2.34. The molecule has 0 bridgehead atoms. The van der Waals surface area contributed by atoms with Crippen LogP contribution in [0.1, 0.15) is 12.0 Å². The second-order valence-corrected chi connectivity index (χ2v) is 3.74. The lowest BCUT2D eigenvalue weighted by atomic mass is 10.1. The van der Waals surface area contributed by atoms with Gasteiger partial charge < -0.3 is 4.90 Å². The van der Waals surface area contributed by atoms with E-state index in [2.05, 4.69) is 17.4 Å². The lowest BCUT2D eigenvalue weighted by Crippen LogP contribution is -2.43. The number of carbonyl (C=O) groups is 1. The van der Waals surface area contributed by atoms with Crippen LogP contribution in [-0.4, -0.2) is 30.6 Å². The van der Waals surface area contributed by atoms with Gasteiger partial charge in [0.25, 0.3) is 0 Å². The molecule has 15 heavy (non-hydrogen) atoms. The average Bonchev–Trinajstić information content (AvgIpc) is 2.29. The third-order valence-electron chi connectivity index (χ3n) is 2.62. The predicted octanol–water partition coefficient (Wildman–Crippen LogP) is 1.66. The lowest BCUT2D eigenvalue weighted by molar-refractivity contribution is 0.185. The third kappa shape index (κ3) is 2.72. The fraction of sp³-hybridized carbons (Fsp3) is 0.417. The molecule has 3 heteroatoms. The number of urea groups is 1. The molecule has 1 aromatic rings. The van der Waals surface area contributed by atoms with Crippen molar-refractivity contribution < 1.29 is 4.79 Å². The Morgan fingerprint density at radius 3 is 2.80 bits per heavy atom. The lowest BCUT2D eigenvalue weighted by Gasteiger charge is -2.25. The maximum Gasteiger partial charge on any atom is 0.338 e. The molecule has 0 aromatic heterocycles.